The molecule has 7 nitrogen and oxygen atoms in total. The first-order valence-corrected chi connectivity index (χ1v) is 13.0. The number of carbonyl (C=O) groups excluding carboxylic acids is 1. The minimum atomic E-state index is -3.73. The molecule has 1 aliphatic rings. The molecule has 4 aromatic rings. The smallest absolute Gasteiger partial charge is 0.264 e. The number of carbonyl (C=O) groups is 1. The maximum atomic E-state index is 13.4. The zero-order valence-corrected chi connectivity index (χ0v) is 20.2. The Morgan fingerprint density at radius 3 is 2.46 bits per heavy atom. The molecule has 0 spiro atoms. The van der Waals surface area contributed by atoms with E-state index in [-0.39, 0.29) is 10.8 Å². The Bertz CT molecular complexity index is 1460. The molecule has 2 heterocycles. The number of rotatable bonds is 6. The van der Waals surface area contributed by atoms with E-state index in [4.69, 9.17) is 0 Å². The number of benzene rings is 3. The van der Waals surface area contributed by atoms with Crippen LogP contribution in [0.2, 0.25) is 0 Å². The molecule has 0 atom stereocenters. The number of nitrogens with zero attached hydrogens (tertiary/aromatic N) is 3. The third-order valence-corrected chi connectivity index (χ3v) is 7.92. The summed E-state index contributed by atoms with van der Waals surface area (Å²) in [5, 5.41) is 7.39. The molecule has 1 N–H and O–H groups in total. The molecule has 0 fully saturated rings. The summed E-state index contributed by atoms with van der Waals surface area (Å²) < 4.78 is 29.9. The molecule has 0 bridgehead atoms. The zero-order chi connectivity index (χ0) is 24.4. The van der Waals surface area contributed by atoms with Gasteiger partial charge in [-0.1, -0.05) is 48.5 Å². The molecule has 178 valence electrons. The molecule has 0 aliphatic carbocycles. The lowest BCUT2D eigenvalue weighted by molar-refractivity contribution is 0.102. The summed E-state index contributed by atoms with van der Waals surface area (Å²) in [7, 11) is -3.73. The summed E-state index contributed by atoms with van der Waals surface area (Å²) in [6.07, 6.45) is 1.63. The monoisotopic (exact) mass is 486 g/mol. The maximum absolute atomic E-state index is 13.4. The first-order valence-electron chi connectivity index (χ1n) is 11.5. The molecule has 0 saturated carbocycles. The predicted molar refractivity (Wildman–Crippen MR) is 136 cm³/mol. The van der Waals surface area contributed by atoms with Gasteiger partial charge >= 0.3 is 0 Å². The minimum Gasteiger partial charge on any atom is -0.307 e. The molecular formula is C27H26N4O3S. The molecule has 3 aromatic carbocycles. The molecule has 1 aliphatic heterocycles. The van der Waals surface area contributed by atoms with Crippen molar-refractivity contribution in [2.75, 3.05) is 16.2 Å². The van der Waals surface area contributed by atoms with Gasteiger partial charge in [-0.15, -0.1) is 0 Å². The number of sulfonamides is 1. The van der Waals surface area contributed by atoms with E-state index >= 15 is 0 Å². The fraction of sp³-hybridized carbons (Fsp3) is 0.185. The van der Waals surface area contributed by atoms with E-state index in [0.29, 0.717) is 24.5 Å². The fourth-order valence-electron chi connectivity index (χ4n) is 4.37. The summed E-state index contributed by atoms with van der Waals surface area (Å²) in [5.41, 5.74) is 3.98. The average Bonchev–Trinajstić information content (AvgIpc) is 3.22. The topological polar surface area (TPSA) is 84.3 Å². The van der Waals surface area contributed by atoms with Gasteiger partial charge in [-0.3, -0.25) is 9.10 Å². The SMILES string of the molecule is Cc1cc(NC(=O)c2ccc(S(=O)(=O)N3CCCc4ccccc43)cc2)n(Cc2ccccc2)n1. The van der Waals surface area contributed by atoms with Crippen LogP contribution in [0.4, 0.5) is 11.5 Å². The van der Waals surface area contributed by atoms with Crippen LogP contribution in [0.25, 0.3) is 0 Å². The molecule has 5 rings (SSSR count). The first-order chi connectivity index (χ1) is 16.9. The predicted octanol–water partition coefficient (Wildman–Crippen LogP) is 4.63. The van der Waals surface area contributed by atoms with Crippen molar-refractivity contribution in [3.05, 3.63) is 107 Å². The standard InChI is InChI=1S/C27H26N4O3S/c1-20-18-26(30(29-20)19-21-8-3-2-4-9-21)28-27(32)23-13-15-24(16-14-23)35(33,34)31-17-7-11-22-10-5-6-12-25(22)31/h2-6,8-10,12-16,18H,7,11,17,19H2,1H3,(H,28,32). The number of aryl methyl sites for hydroxylation is 2. The highest BCUT2D eigenvalue weighted by atomic mass is 32.2. The molecule has 0 saturated heterocycles. The van der Waals surface area contributed by atoms with Gasteiger partial charge in [-0.25, -0.2) is 13.1 Å². The zero-order valence-electron chi connectivity index (χ0n) is 19.4. The maximum Gasteiger partial charge on any atom is 0.264 e. The number of amides is 1. The Kier molecular flexibility index (Phi) is 6.13. The third-order valence-electron chi connectivity index (χ3n) is 6.09. The van der Waals surface area contributed by atoms with Gasteiger partial charge in [0.1, 0.15) is 5.82 Å². The van der Waals surface area contributed by atoms with Gasteiger partial charge in [0.05, 0.1) is 22.8 Å². The Hall–Kier alpha value is -3.91. The second-order valence-corrected chi connectivity index (χ2v) is 10.5. The highest BCUT2D eigenvalue weighted by molar-refractivity contribution is 7.92. The van der Waals surface area contributed by atoms with Crippen LogP contribution in [-0.2, 0) is 23.0 Å². The number of para-hydroxylation sites is 1. The Labute approximate surface area is 205 Å². The van der Waals surface area contributed by atoms with Crippen LogP contribution in [-0.4, -0.2) is 30.7 Å². The van der Waals surface area contributed by atoms with Crippen LogP contribution in [0.15, 0.2) is 89.8 Å². The number of hydrogen-bond donors (Lipinski definition) is 1. The van der Waals surface area contributed by atoms with Crippen molar-refractivity contribution in [2.24, 2.45) is 0 Å². The van der Waals surface area contributed by atoms with Gasteiger partial charge in [-0.2, -0.15) is 5.10 Å². The largest absolute Gasteiger partial charge is 0.307 e. The van der Waals surface area contributed by atoms with Gasteiger partial charge in [0, 0.05) is 18.2 Å². The van der Waals surface area contributed by atoms with E-state index in [2.05, 4.69) is 10.4 Å². The van der Waals surface area contributed by atoms with Crippen molar-refractivity contribution >= 4 is 27.4 Å². The van der Waals surface area contributed by atoms with Gasteiger partial charge in [0.25, 0.3) is 15.9 Å². The molecule has 1 aromatic heterocycles. The van der Waals surface area contributed by atoms with E-state index in [0.717, 1.165) is 35.3 Å². The van der Waals surface area contributed by atoms with Gasteiger partial charge in [-0.05, 0) is 61.2 Å². The van der Waals surface area contributed by atoms with Crippen LogP contribution in [0.5, 0.6) is 0 Å². The van der Waals surface area contributed by atoms with Crippen LogP contribution < -0.4 is 9.62 Å². The van der Waals surface area contributed by atoms with Crippen LogP contribution in [0.1, 0.15) is 33.6 Å². The first kappa shape index (κ1) is 22.9. The lowest BCUT2D eigenvalue weighted by Crippen LogP contribution is -2.35. The van der Waals surface area contributed by atoms with Crippen LogP contribution in [0, 0.1) is 6.92 Å². The van der Waals surface area contributed by atoms with Gasteiger partial charge in [0.2, 0.25) is 0 Å². The molecule has 0 radical (unpaired) electrons. The number of anilines is 2. The van der Waals surface area contributed by atoms with Gasteiger partial charge < -0.3 is 5.32 Å². The Morgan fingerprint density at radius 2 is 1.69 bits per heavy atom. The molecule has 0 unspecified atom stereocenters. The minimum absolute atomic E-state index is 0.163. The van der Waals surface area contributed by atoms with Crippen LogP contribution in [0.3, 0.4) is 0 Å². The highest BCUT2D eigenvalue weighted by Crippen LogP contribution is 2.31. The summed E-state index contributed by atoms with van der Waals surface area (Å²) in [6.45, 7) is 2.83. The number of fused-ring (bicyclic) bond motifs is 1. The molecular weight excluding hydrogens is 460 g/mol. The average molecular weight is 487 g/mol. The van der Waals surface area contributed by atoms with Crippen LogP contribution >= 0.6 is 0 Å². The van der Waals surface area contributed by atoms with Crippen molar-refractivity contribution in [3.63, 3.8) is 0 Å². The van der Waals surface area contributed by atoms with Crippen molar-refractivity contribution in [1.82, 2.24) is 9.78 Å². The Balaban J connectivity index is 1.34. The van der Waals surface area contributed by atoms with E-state index in [1.54, 1.807) is 16.8 Å². The third kappa shape index (κ3) is 4.70. The quantitative estimate of drug-likeness (QED) is 0.431. The van der Waals surface area contributed by atoms with E-state index in [1.807, 2.05) is 67.6 Å². The fourth-order valence-corrected chi connectivity index (χ4v) is 5.91. The summed E-state index contributed by atoms with van der Waals surface area (Å²) >= 11 is 0. The van der Waals surface area contributed by atoms with Crippen molar-refractivity contribution in [1.29, 1.82) is 0 Å². The number of hydrogen-bond acceptors (Lipinski definition) is 4. The van der Waals surface area contributed by atoms with Crippen molar-refractivity contribution in [3.8, 4) is 0 Å². The van der Waals surface area contributed by atoms with E-state index in [9.17, 15) is 13.2 Å². The van der Waals surface area contributed by atoms with Crippen molar-refractivity contribution < 1.29 is 13.2 Å². The van der Waals surface area contributed by atoms with E-state index in [1.165, 1.54) is 16.4 Å². The highest BCUT2D eigenvalue weighted by Gasteiger charge is 2.29. The lowest BCUT2D eigenvalue weighted by atomic mass is 10.0. The molecule has 8 heteroatoms. The molecule has 1 amide bonds. The lowest BCUT2D eigenvalue weighted by Gasteiger charge is -2.30. The summed E-state index contributed by atoms with van der Waals surface area (Å²) in [4.78, 5) is 13.1. The summed E-state index contributed by atoms with van der Waals surface area (Å²) in [6, 6.07) is 25.4. The summed E-state index contributed by atoms with van der Waals surface area (Å²) in [5.74, 6) is 0.254. The van der Waals surface area contributed by atoms with E-state index < -0.39 is 10.0 Å². The Morgan fingerprint density at radius 1 is 0.971 bits per heavy atom. The van der Waals surface area contributed by atoms with Gasteiger partial charge in [0.15, 0.2) is 0 Å². The second kappa shape index (κ2) is 9.38. The second-order valence-electron chi connectivity index (χ2n) is 8.60. The van der Waals surface area contributed by atoms with Crippen molar-refractivity contribution in [2.45, 2.75) is 31.2 Å². The molecule has 35 heavy (non-hydrogen) atoms. The normalized spacial score (nSPS) is 13.3. The number of nitrogens with one attached hydrogen (secondary N) is 1. The number of aromatic nitrogens is 2.